The largest absolute Gasteiger partial charge is 0.488 e. The minimum absolute atomic E-state index is 0.410. The molecular formula is C16H20BrNO2. The van der Waals surface area contributed by atoms with E-state index in [0.717, 1.165) is 27.3 Å². The number of benzene rings is 1. The Morgan fingerprint density at radius 3 is 2.65 bits per heavy atom. The van der Waals surface area contributed by atoms with Crippen molar-refractivity contribution in [3.05, 3.63) is 51.4 Å². The van der Waals surface area contributed by atoms with Crippen LogP contribution in [0, 0.1) is 6.92 Å². The highest BCUT2D eigenvalue weighted by atomic mass is 79.9. The van der Waals surface area contributed by atoms with Crippen LogP contribution in [0.3, 0.4) is 0 Å². The zero-order valence-electron chi connectivity index (χ0n) is 12.1. The van der Waals surface area contributed by atoms with Crippen molar-refractivity contribution in [3.63, 3.8) is 0 Å². The molecule has 2 N–H and O–H groups in total. The van der Waals surface area contributed by atoms with E-state index in [2.05, 4.69) is 35.8 Å². The first-order valence-corrected chi connectivity index (χ1v) is 7.51. The lowest BCUT2D eigenvalue weighted by Gasteiger charge is -2.14. The summed E-state index contributed by atoms with van der Waals surface area (Å²) in [6, 6.07) is 8.06. The lowest BCUT2D eigenvalue weighted by atomic mass is 10.0. The fourth-order valence-corrected chi connectivity index (χ4v) is 2.47. The fourth-order valence-electron chi connectivity index (χ4n) is 2.09. The Hall–Kier alpha value is -1.26. The van der Waals surface area contributed by atoms with Gasteiger partial charge in [0.15, 0.2) is 0 Å². The highest BCUT2D eigenvalue weighted by molar-refractivity contribution is 9.10. The van der Waals surface area contributed by atoms with Crippen molar-refractivity contribution in [2.75, 3.05) is 0 Å². The molecule has 0 fully saturated rings. The molecule has 0 radical (unpaired) electrons. The molecule has 0 saturated carbocycles. The highest BCUT2D eigenvalue weighted by Gasteiger charge is 2.11. The van der Waals surface area contributed by atoms with Gasteiger partial charge in [0.1, 0.15) is 23.9 Å². The van der Waals surface area contributed by atoms with Crippen molar-refractivity contribution in [1.29, 1.82) is 0 Å². The van der Waals surface area contributed by atoms with Crippen molar-refractivity contribution in [3.8, 4) is 5.75 Å². The van der Waals surface area contributed by atoms with E-state index in [1.807, 2.05) is 25.1 Å². The van der Waals surface area contributed by atoms with Crippen LogP contribution >= 0.6 is 15.9 Å². The van der Waals surface area contributed by atoms with Crippen molar-refractivity contribution in [2.45, 2.75) is 39.8 Å². The maximum absolute atomic E-state index is 5.96. The zero-order valence-corrected chi connectivity index (χ0v) is 13.7. The molecule has 2 rings (SSSR count). The number of nitrogens with two attached hydrogens (primary N) is 1. The summed E-state index contributed by atoms with van der Waals surface area (Å²) in [5.41, 5.74) is 7.82. The lowest BCUT2D eigenvalue weighted by molar-refractivity contribution is 0.298. The van der Waals surface area contributed by atoms with Gasteiger partial charge in [-0.3, -0.25) is 0 Å². The number of furan rings is 1. The molecule has 0 atom stereocenters. The van der Waals surface area contributed by atoms with Gasteiger partial charge in [0.25, 0.3) is 0 Å². The molecule has 0 spiro atoms. The van der Waals surface area contributed by atoms with Crippen LogP contribution in [-0.2, 0) is 13.2 Å². The third-order valence-corrected chi connectivity index (χ3v) is 3.74. The molecule has 1 aromatic carbocycles. The molecule has 2 aromatic rings. The Labute approximate surface area is 128 Å². The number of halogens is 1. The Morgan fingerprint density at radius 1 is 1.30 bits per heavy atom. The van der Waals surface area contributed by atoms with Crippen LogP contribution in [0.4, 0.5) is 0 Å². The predicted octanol–water partition coefficient (Wildman–Crippen LogP) is 4.51. The van der Waals surface area contributed by atoms with Crippen LogP contribution in [0.5, 0.6) is 5.75 Å². The third kappa shape index (κ3) is 3.44. The normalized spacial score (nSPS) is 11.1. The second-order valence-electron chi connectivity index (χ2n) is 5.12. The molecule has 0 amide bonds. The molecule has 0 aliphatic carbocycles. The molecule has 0 aliphatic rings. The SMILES string of the molecule is Cc1oc(CN)cc1COc1ccc(Br)cc1C(C)C. The standard InChI is InChI=1S/C16H20BrNO2/c1-10(2)15-7-13(17)4-5-16(15)19-9-12-6-14(8-18)20-11(12)3/h4-7,10H,8-9,18H2,1-3H3. The Morgan fingerprint density at radius 2 is 2.05 bits per heavy atom. The second kappa shape index (κ2) is 6.46. The molecule has 0 bridgehead atoms. The van der Waals surface area contributed by atoms with Crippen LogP contribution in [-0.4, -0.2) is 0 Å². The molecule has 3 nitrogen and oxygen atoms in total. The maximum Gasteiger partial charge on any atom is 0.123 e. The Balaban J connectivity index is 2.16. The molecule has 108 valence electrons. The van der Waals surface area contributed by atoms with Crippen LogP contribution in [0.2, 0.25) is 0 Å². The van der Waals surface area contributed by atoms with Gasteiger partial charge in [-0.25, -0.2) is 0 Å². The molecule has 1 heterocycles. The van der Waals surface area contributed by atoms with E-state index < -0.39 is 0 Å². The first kappa shape index (κ1) is 15.1. The minimum atomic E-state index is 0.410. The average Bonchev–Trinajstić information content (AvgIpc) is 2.78. The number of ether oxygens (including phenoxy) is 1. The number of aryl methyl sites for hydroxylation is 1. The van der Waals surface area contributed by atoms with Crippen LogP contribution < -0.4 is 10.5 Å². The summed E-state index contributed by atoms with van der Waals surface area (Å²) in [7, 11) is 0. The van der Waals surface area contributed by atoms with Gasteiger partial charge in [0, 0.05) is 10.0 Å². The topological polar surface area (TPSA) is 48.4 Å². The van der Waals surface area contributed by atoms with E-state index in [4.69, 9.17) is 14.9 Å². The van der Waals surface area contributed by atoms with Crippen molar-refractivity contribution < 1.29 is 9.15 Å². The number of rotatable bonds is 5. The summed E-state index contributed by atoms with van der Waals surface area (Å²) < 4.78 is 12.6. The maximum atomic E-state index is 5.96. The summed E-state index contributed by atoms with van der Waals surface area (Å²) in [6.07, 6.45) is 0. The van der Waals surface area contributed by atoms with Gasteiger partial charge in [0.05, 0.1) is 6.54 Å². The van der Waals surface area contributed by atoms with Gasteiger partial charge >= 0.3 is 0 Å². The monoisotopic (exact) mass is 337 g/mol. The summed E-state index contributed by atoms with van der Waals surface area (Å²) in [6.45, 7) is 7.16. The van der Waals surface area contributed by atoms with Crippen LogP contribution in [0.25, 0.3) is 0 Å². The average molecular weight is 338 g/mol. The number of hydrogen-bond donors (Lipinski definition) is 1. The van der Waals surface area contributed by atoms with Gasteiger partial charge in [-0.2, -0.15) is 0 Å². The molecule has 20 heavy (non-hydrogen) atoms. The van der Waals surface area contributed by atoms with Crippen LogP contribution in [0.15, 0.2) is 33.2 Å². The second-order valence-corrected chi connectivity index (χ2v) is 6.04. The Bertz CT molecular complexity index is 590. The molecule has 4 heteroatoms. The first-order chi connectivity index (χ1) is 9.51. The van der Waals surface area contributed by atoms with E-state index >= 15 is 0 Å². The lowest BCUT2D eigenvalue weighted by Crippen LogP contribution is -2.00. The fraction of sp³-hybridized carbons (Fsp3) is 0.375. The van der Waals surface area contributed by atoms with E-state index in [0.29, 0.717) is 19.1 Å². The van der Waals surface area contributed by atoms with Gasteiger partial charge in [-0.1, -0.05) is 29.8 Å². The van der Waals surface area contributed by atoms with Crippen LogP contribution in [0.1, 0.15) is 42.4 Å². The minimum Gasteiger partial charge on any atom is -0.488 e. The quantitative estimate of drug-likeness (QED) is 0.872. The number of hydrogen-bond acceptors (Lipinski definition) is 3. The first-order valence-electron chi connectivity index (χ1n) is 6.71. The van der Waals surface area contributed by atoms with E-state index in [9.17, 15) is 0 Å². The predicted molar refractivity (Wildman–Crippen MR) is 83.9 cm³/mol. The van der Waals surface area contributed by atoms with Crippen molar-refractivity contribution in [2.24, 2.45) is 5.73 Å². The molecule has 0 aliphatic heterocycles. The highest BCUT2D eigenvalue weighted by Crippen LogP contribution is 2.30. The summed E-state index contributed by atoms with van der Waals surface area (Å²) in [5, 5.41) is 0. The van der Waals surface area contributed by atoms with Gasteiger partial charge in [-0.15, -0.1) is 0 Å². The summed E-state index contributed by atoms with van der Waals surface area (Å²) in [5.74, 6) is 2.99. The van der Waals surface area contributed by atoms with Gasteiger partial charge in [0.2, 0.25) is 0 Å². The van der Waals surface area contributed by atoms with E-state index in [1.165, 1.54) is 5.56 Å². The van der Waals surface area contributed by atoms with Crippen molar-refractivity contribution >= 4 is 15.9 Å². The summed E-state index contributed by atoms with van der Waals surface area (Å²) >= 11 is 3.50. The smallest absolute Gasteiger partial charge is 0.123 e. The zero-order chi connectivity index (χ0) is 14.7. The molecular weight excluding hydrogens is 318 g/mol. The van der Waals surface area contributed by atoms with E-state index in [-0.39, 0.29) is 0 Å². The van der Waals surface area contributed by atoms with Gasteiger partial charge < -0.3 is 14.9 Å². The molecule has 0 saturated heterocycles. The van der Waals surface area contributed by atoms with Crippen molar-refractivity contribution in [1.82, 2.24) is 0 Å². The molecule has 1 aromatic heterocycles. The molecule has 0 unspecified atom stereocenters. The van der Waals surface area contributed by atoms with Gasteiger partial charge in [-0.05, 0) is 42.7 Å². The van der Waals surface area contributed by atoms with E-state index in [1.54, 1.807) is 0 Å². The Kier molecular flexibility index (Phi) is 4.89. The summed E-state index contributed by atoms with van der Waals surface area (Å²) in [4.78, 5) is 0. The third-order valence-electron chi connectivity index (χ3n) is 3.25.